The Kier molecular flexibility index (Phi) is 4.72. The summed E-state index contributed by atoms with van der Waals surface area (Å²) in [6.45, 7) is 1.41. The maximum absolute atomic E-state index is 13.5. The standard InChI is InChI=1S/C13H13F2NO3S2/c1-8-5-6-20-12(8)11(17)7-16-21(18,19)13-9(14)3-2-4-10(13)15/h2-6,11,16-17H,7H2,1H3. The summed E-state index contributed by atoms with van der Waals surface area (Å²) >= 11 is 1.28. The lowest BCUT2D eigenvalue weighted by Gasteiger charge is -2.12. The van der Waals surface area contributed by atoms with Gasteiger partial charge in [-0.15, -0.1) is 11.3 Å². The molecule has 4 nitrogen and oxygen atoms in total. The molecule has 1 heterocycles. The molecular weight excluding hydrogens is 320 g/mol. The second kappa shape index (κ2) is 6.18. The fourth-order valence-corrected chi connectivity index (χ4v) is 3.90. The van der Waals surface area contributed by atoms with E-state index in [1.165, 1.54) is 11.3 Å². The first-order chi connectivity index (χ1) is 9.83. The van der Waals surface area contributed by atoms with Crippen LogP contribution >= 0.6 is 11.3 Å². The minimum Gasteiger partial charge on any atom is -0.386 e. The molecule has 1 atom stereocenters. The van der Waals surface area contributed by atoms with E-state index in [1.807, 2.05) is 4.72 Å². The number of sulfonamides is 1. The van der Waals surface area contributed by atoms with Crippen molar-refractivity contribution in [2.45, 2.75) is 17.9 Å². The Morgan fingerprint density at radius 2 is 1.90 bits per heavy atom. The van der Waals surface area contributed by atoms with Crippen molar-refractivity contribution in [1.82, 2.24) is 4.72 Å². The summed E-state index contributed by atoms with van der Waals surface area (Å²) in [6.07, 6.45) is -1.07. The molecule has 0 fully saturated rings. The van der Waals surface area contributed by atoms with Gasteiger partial charge in [0.25, 0.3) is 0 Å². The summed E-state index contributed by atoms with van der Waals surface area (Å²) in [5, 5.41) is 11.7. The van der Waals surface area contributed by atoms with Gasteiger partial charge in [0, 0.05) is 11.4 Å². The van der Waals surface area contributed by atoms with E-state index in [4.69, 9.17) is 0 Å². The third kappa shape index (κ3) is 3.46. The Bertz CT molecular complexity index is 723. The van der Waals surface area contributed by atoms with Crippen molar-refractivity contribution < 1.29 is 22.3 Å². The van der Waals surface area contributed by atoms with Gasteiger partial charge < -0.3 is 5.11 Å². The molecule has 21 heavy (non-hydrogen) atoms. The van der Waals surface area contributed by atoms with E-state index in [1.54, 1.807) is 18.4 Å². The van der Waals surface area contributed by atoms with Crippen LogP contribution in [0.15, 0.2) is 34.5 Å². The van der Waals surface area contributed by atoms with E-state index >= 15 is 0 Å². The van der Waals surface area contributed by atoms with Gasteiger partial charge in [0.15, 0.2) is 4.90 Å². The molecule has 0 aliphatic rings. The van der Waals surface area contributed by atoms with Gasteiger partial charge in [0.2, 0.25) is 10.0 Å². The van der Waals surface area contributed by atoms with E-state index < -0.39 is 32.7 Å². The van der Waals surface area contributed by atoms with Crippen molar-refractivity contribution in [3.63, 3.8) is 0 Å². The number of hydrogen-bond acceptors (Lipinski definition) is 4. The summed E-state index contributed by atoms with van der Waals surface area (Å²) in [5.41, 5.74) is 0.823. The Labute approximate surface area is 125 Å². The molecule has 0 spiro atoms. The average molecular weight is 333 g/mol. The zero-order chi connectivity index (χ0) is 15.6. The summed E-state index contributed by atoms with van der Waals surface area (Å²) in [7, 11) is -4.38. The highest BCUT2D eigenvalue weighted by Crippen LogP contribution is 2.24. The first kappa shape index (κ1) is 16.0. The molecule has 8 heteroatoms. The Balaban J connectivity index is 2.17. The van der Waals surface area contributed by atoms with Gasteiger partial charge in [-0.3, -0.25) is 0 Å². The number of hydrogen-bond donors (Lipinski definition) is 2. The van der Waals surface area contributed by atoms with Crippen LogP contribution in [-0.2, 0) is 10.0 Å². The number of rotatable bonds is 5. The van der Waals surface area contributed by atoms with E-state index in [2.05, 4.69) is 0 Å². The predicted octanol–water partition coefficient (Wildman–Crippen LogP) is 2.35. The third-order valence-corrected chi connectivity index (χ3v) is 5.45. The molecule has 0 saturated heterocycles. The van der Waals surface area contributed by atoms with Crippen LogP contribution in [0.1, 0.15) is 16.5 Å². The summed E-state index contributed by atoms with van der Waals surface area (Å²) in [6, 6.07) is 4.58. The van der Waals surface area contributed by atoms with Gasteiger partial charge in [0.05, 0.1) is 0 Å². The van der Waals surface area contributed by atoms with Crippen molar-refractivity contribution in [2.75, 3.05) is 6.54 Å². The van der Waals surface area contributed by atoms with Crippen LogP contribution in [0.25, 0.3) is 0 Å². The van der Waals surface area contributed by atoms with Crippen LogP contribution < -0.4 is 4.72 Å². The highest BCUT2D eigenvalue weighted by molar-refractivity contribution is 7.89. The number of aliphatic hydroxyl groups is 1. The molecule has 1 aromatic heterocycles. The number of nitrogens with one attached hydrogen (secondary N) is 1. The largest absolute Gasteiger partial charge is 0.386 e. The van der Waals surface area contributed by atoms with Gasteiger partial charge in [0.1, 0.15) is 17.7 Å². The summed E-state index contributed by atoms with van der Waals surface area (Å²) < 4.78 is 52.9. The minimum atomic E-state index is -4.38. The molecule has 1 aromatic carbocycles. The molecule has 114 valence electrons. The van der Waals surface area contributed by atoms with Gasteiger partial charge in [-0.2, -0.15) is 0 Å². The van der Waals surface area contributed by atoms with Crippen LogP contribution in [0.2, 0.25) is 0 Å². The van der Waals surface area contributed by atoms with E-state index in [9.17, 15) is 22.3 Å². The lowest BCUT2D eigenvalue weighted by Crippen LogP contribution is -2.29. The molecule has 0 radical (unpaired) electrons. The van der Waals surface area contributed by atoms with Crippen LogP contribution in [0, 0.1) is 18.6 Å². The molecule has 0 bridgehead atoms. The number of thiophene rings is 1. The van der Waals surface area contributed by atoms with Crippen LogP contribution in [0.5, 0.6) is 0 Å². The van der Waals surface area contributed by atoms with Crippen LogP contribution in [0.4, 0.5) is 8.78 Å². The smallest absolute Gasteiger partial charge is 0.246 e. The number of halogens is 2. The van der Waals surface area contributed by atoms with E-state index in [0.29, 0.717) is 4.88 Å². The number of benzene rings is 1. The maximum atomic E-state index is 13.5. The molecule has 0 saturated carbocycles. The van der Waals surface area contributed by atoms with Gasteiger partial charge in [-0.05, 0) is 36.1 Å². The molecular formula is C13H13F2NO3S2. The van der Waals surface area contributed by atoms with E-state index in [0.717, 1.165) is 23.8 Å². The van der Waals surface area contributed by atoms with Crippen LogP contribution in [-0.4, -0.2) is 20.1 Å². The third-order valence-electron chi connectivity index (χ3n) is 2.86. The first-order valence-electron chi connectivity index (χ1n) is 5.98. The SMILES string of the molecule is Cc1ccsc1C(O)CNS(=O)(=O)c1c(F)cccc1F. The van der Waals surface area contributed by atoms with Crippen molar-refractivity contribution in [1.29, 1.82) is 0 Å². The quantitative estimate of drug-likeness (QED) is 0.883. The summed E-state index contributed by atoms with van der Waals surface area (Å²) in [5.74, 6) is -2.35. The lowest BCUT2D eigenvalue weighted by atomic mass is 10.2. The Morgan fingerprint density at radius 1 is 1.29 bits per heavy atom. The van der Waals surface area contributed by atoms with Crippen LogP contribution in [0.3, 0.4) is 0 Å². The normalized spacial score (nSPS) is 13.3. The maximum Gasteiger partial charge on any atom is 0.246 e. The highest BCUT2D eigenvalue weighted by atomic mass is 32.2. The molecule has 2 rings (SSSR count). The first-order valence-corrected chi connectivity index (χ1v) is 8.35. The fourth-order valence-electron chi connectivity index (χ4n) is 1.82. The monoisotopic (exact) mass is 333 g/mol. The predicted molar refractivity (Wildman–Crippen MR) is 75.6 cm³/mol. The average Bonchev–Trinajstić information content (AvgIpc) is 2.82. The summed E-state index contributed by atoms with van der Waals surface area (Å²) in [4.78, 5) is -0.438. The zero-order valence-electron chi connectivity index (χ0n) is 11.0. The van der Waals surface area contributed by atoms with Crippen molar-refractivity contribution in [3.8, 4) is 0 Å². The minimum absolute atomic E-state index is 0.364. The van der Waals surface area contributed by atoms with Gasteiger partial charge >= 0.3 is 0 Å². The number of aliphatic hydroxyl groups excluding tert-OH is 1. The molecule has 1 unspecified atom stereocenters. The van der Waals surface area contributed by atoms with Crippen molar-refractivity contribution in [2.24, 2.45) is 0 Å². The van der Waals surface area contributed by atoms with Gasteiger partial charge in [-0.1, -0.05) is 6.07 Å². The molecule has 2 aromatic rings. The molecule has 0 amide bonds. The lowest BCUT2D eigenvalue weighted by molar-refractivity contribution is 0.185. The van der Waals surface area contributed by atoms with Gasteiger partial charge in [-0.25, -0.2) is 21.9 Å². The zero-order valence-corrected chi connectivity index (χ0v) is 12.6. The molecule has 0 aliphatic carbocycles. The fraction of sp³-hybridized carbons (Fsp3) is 0.231. The highest BCUT2D eigenvalue weighted by Gasteiger charge is 2.25. The number of aryl methyl sites for hydroxylation is 1. The molecule has 0 aliphatic heterocycles. The topological polar surface area (TPSA) is 66.4 Å². The second-order valence-corrected chi connectivity index (χ2v) is 7.04. The Hall–Kier alpha value is -1.35. The van der Waals surface area contributed by atoms with Crippen molar-refractivity contribution >= 4 is 21.4 Å². The molecule has 2 N–H and O–H groups in total. The Morgan fingerprint density at radius 3 is 2.43 bits per heavy atom. The van der Waals surface area contributed by atoms with Crippen molar-refractivity contribution in [3.05, 3.63) is 51.7 Å². The van der Waals surface area contributed by atoms with E-state index in [-0.39, 0.29) is 6.54 Å². The second-order valence-electron chi connectivity index (χ2n) is 4.39.